The van der Waals surface area contributed by atoms with Crippen LogP contribution in [0.4, 0.5) is 0 Å². The van der Waals surface area contributed by atoms with Crippen LogP contribution in [-0.2, 0) is 11.2 Å². The van der Waals surface area contributed by atoms with Gasteiger partial charge in [-0.15, -0.1) is 0 Å². The van der Waals surface area contributed by atoms with Crippen molar-refractivity contribution in [2.45, 2.75) is 63.3 Å². The van der Waals surface area contributed by atoms with Crippen molar-refractivity contribution in [3.63, 3.8) is 0 Å². The van der Waals surface area contributed by atoms with Gasteiger partial charge in [-0.25, -0.2) is 0 Å². The quantitative estimate of drug-likeness (QED) is 0.769. The fourth-order valence-corrected chi connectivity index (χ4v) is 3.74. The second kappa shape index (κ2) is 8.11. The molecule has 27 heavy (non-hydrogen) atoms. The number of benzene rings is 1. The minimum absolute atomic E-state index is 0.0733. The van der Waals surface area contributed by atoms with Crippen LogP contribution in [0.2, 0.25) is 0 Å². The lowest BCUT2D eigenvalue weighted by atomic mass is 10.1. The number of carbonyl (C=O) groups excluding carboxylic acids is 1. The van der Waals surface area contributed by atoms with E-state index in [0.29, 0.717) is 18.2 Å². The van der Waals surface area contributed by atoms with Gasteiger partial charge in [-0.3, -0.25) is 4.79 Å². The Morgan fingerprint density at radius 1 is 1.19 bits per heavy atom. The highest BCUT2D eigenvalue weighted by Gasteiger charge is 2.34. The topological polar surface area (TPSA) is 68.5 Å². The van der Waals surface area contributed by atoms with Gasteiger partial charge in [0.15, 0.2) is 5.82 Å². The number of rotatable bonds is 6. The fourth-order valence-electron chi connectivity index (χ4n) is 3.74. The summed E-state index contributed by atoms with van der Waals surface area (Å²) in [6.45, 7) is 0.771. The first-order valence-corrected chi connectivity index (χ1v) is 10.0. The largest absolute Gasteiger partial charge is 0.497 e. The van der Waals surface area contributed by atoms with Crippen molar-refractivity contribution in [1.82, 2.24) is 15.0 Å². The molecule has 0 bridgehead atoms. The van der Waals surface area contributed by atoms with Crippen molar-refractivity contribution in [1.29, 1.82) is 0 Å². The maximum Gasteiger partial charge on any atom is 0.249 e. The Morgan fingerprint density at radius 2 is 2.00 bits per heavy atom. The standard InChI is InChI=1S/C21H27N3O3/c1-26-17-11-6-15(7-12-17)8-13-19(25)24-14-4-2-3-5-18(24)21-22-20(23-27-21)16-9-10-16/h6-7,11-12,16,18H,2-5,8-10,13-14H2,1H3. The molecule has 1 atom stereocenters. The molecule has 1 unspecified atom stereocenters. The average Bonchev–Trinajstić information content (AvgIpc) is 3.49. The minimum atomic E-state index is -0.0733. The van der Waals surface area contributed by atoms with Crippen molar-refractivity contribution in [2.75, 3.05) is 13.7 Å². The molecule has 0 spiro atoms. The molecule has 1 aromatic heterocycles. The number of likely N-dealkylation sites (tertiary alicyclic amines) is 1. The zero-order chi connectivity index (χ0) is 18.6. The molecule has 2 aliphatic rings. The Hall–Kier alpha value is -2.37. The van der Waals surface area contributed by atoms with Gasteiger partial charge in [0.05, 0.1) is 7.11 Å². The van der Waals surface area contributed by atoms with Gasteiger partial charge < -0.3 is 14.2 Å². The molecule has 6 heteroatoms. The van der Waals surface area contributed by atoms with E-state index < -0.39 is 0 Å². The molecule has 1 aliphatic heterocycles. The van der Waals surface area contributed by atoms with Gasteiger partial charge in [0.2, 0.25) is 11.8 Å². The van der Waals surface area contributed by atoms with Crippen molar-refractivity contribution >= 4 is 5.91 Å². The summed E-state index contributed by atoms with van der Waals surface area (Å²) in [4.78, 5) is 19.6. The molecule has 4 rings (SSSR count). The predicted octanol–water partition coefficient (Wildman–Crippen LogP) is 4.03. The highest BCUT2D eigenvalue weighted by Crippen LogP contribution is 2.39. The van der Waals surface area contributed by atoms with Crippen LogP contribution in [0.1, 0.15) is 74.2 Å². The summed E-state index contributed by atoms with van der Waals surface area (Å²) in [5.74, 6) is 2.91. The number of nitrogens with zero attached hydrogens (tertiary/aromatic N) is 3. The Kier molecular flexibility index (Phi) is 5.41. The predicted molar refractivity (Wildman–Crippen MR) is 101 cm³/mol. The van der Waals surface area contributed by atoms with Crippen LogP contribution in [0.25, 0.3) is 0 Å². The Morgan fingerprint density at radius 3 is 2.74 bits per heavy atom. The van der Waals surface area contributed by atoms with E-state index in [1.165, 1.54) is 0 Å². The number of carbonyl (C=O) groups is 1. The summed E-state index contributed by atoms with van der Waals surface area (Å²) in [5, 5.41) is 4.15. The number of aryl methyl sites for hydroxylation is 1. The molecule has 1 saturated heterocycles. The van der Waals surface area contributed by atoms with Crippen LogP contribution >= 0.6 is 0 Å². The lowest BCUT2D eigenvalue weighted by molar-refractivity contribution is -0.134. The van der Waals surface area contributed by atoms with E-state index in [1.54, 1.807) is 7.11 Å². The maximum atomic E-state index is 13.0. The first-order chi connectivity index (χ1) is 13.2. The molecule has 2 fully saturated rings. The van der Waals surface area contributed by atoms with Crippen LogP contribution in [0.15, 0.2) is 28.8 Å². The van der Waals surface area contributed by atoms with Crippen molar-refractivity contribution in [2.24, 2.45) is 0 Å². The van der Waals surface area contributed by atoms with Crippen LogP contribution in [-0.4, -0.2) is 34.6 Å². The zero-order valence-electron chi connectivity index (χ0n) is 15.9. The minimum Gasteiger partial charge on any atom is -0.497 e. The van der Waals surface area contributed by atoms with Gasteiger partial charge in [0, 0.05) is 18.9 Å². The second-order valence-corrected chi connectivity index (χ2v) is 7.57. The van der Waals surface area contributed by atoms with E-state index in [9.17, 15) is 4.79 Å². The molecule has 0 N–H and O–H groups in total. The van der Waals surface area contributed by atoms with Crippen LogP contribution < -0.4 is 4.74 Å². The monoisotopic (exact) mass is 369 g/mol. The summed E-state index contributed by atoms with van der Waals surface area (Å²) in [6, 6.07) is 7.84. The van der Waals surface area contributed by atoms with Gasteiger partial charge in [0.1, 0.15) is 11.8 Å². The third kappa shape index (κ3) is 4.31. The summed E-state index contributed by atoms with van der Waals surface area (Å²) in [6.07, 6.45) is 7.68. The van der Waals surface area contributed by atoms with E-state index in [4.69, 9.17) is 9.26 Å². The van der Waals surface area contributed by atoms with Gasteiger partial charge in [-0.05, 0) is 49.8 Å². The highest BCUT2D eigenvalue weighted by atomic mass is 16.5. The zero-order valence-corrected chi connectivity index (χ0v) is 15.9. The van der Waals surface area contributed by atoms with Gasteiger partial charge >= 0.3 is 0 Å². The normalized spacial score (nSPS) is 20.3. The molecular weight excluding hydrogens is 342 g/mol. The number of ether oxygens (including phenoxy) is 1. The summed E-state index contributed by atoms with van der Waals surface area (Å²) >= 11 is 0. The molecule has 144 valence electrons. The third-order valence-corrected chi connectivity index (χ3v) is 5.54. The number of hydrogen-bond donors (Lipinski definition) is 0. The summed E-state index contributed by atoms with van der Waals surface area (Å²) < 4.78 is 10.8. The van der Waals surface area contributed by atoms with Crippen molar-refractivity contribution in [3.05, 3.63) is 41.5 Å². The van der Waals surface area contributed by atoms with Crippen LogP contribution in [0, 0.1) is 0 Å². The molecule has 2 heterocycles. The molecule has 6 nitrogen and oxygen atoms in total. The molecule has 1 amide bonds. The highest BCUT2D eigenvalue weighted by molar-refractivity contribution is 5.77. The number of methoxy groups -OCH3 is 1. The third-order valence-electron chi connectivity index (χ3n) is 5.54. The first-order valence-electron chi connectivity index (χ1n) is 10.0. The number of aromatic nitrogens is 2. The Bertz CT molecular complexity index is 767. The molecule has 0 radical (unpaired) electrons. The maximum absolute atomic E-state index is 13.0. The van der Waals surface area contributed by atoms with Crippen molar-refractivity contribution < 1.29 is 14.1 Å². The fraction of sp³-hybridized carbons (Fsp3) is 0.571. The SMILES string of the molecule is COc1ccc(CCC(=O)N2CCCCCC2c2nc(C3CC3)no2)cc1. The summed E-state index contributed by atoms with van der Waals surface area (Å²) in [7, 11) is 1.66. The van der Waals surface area contributed by atoms with E-state index >= 15 is 0 Å². The lowest BCUT2D eigenvalue weighted by Gasteiger charge is -2.27. The van der Waals surface area contributed by atoms with E-state index in [0.717, 1.165) is 68.6 Å². The Balaban J connectivity index is 1.43. The van der Waals surface area contributed by atoms with E-state index in [1.807, 2.05) is 29.2 Å². The number of amides is 1. The van der Waals surface area contributed by atoms with E-state index in [-0.39, 0.29) is 11.9 Å². The lowest BCUT2D eigenvalue weighted by Crippen LogP contribution is -2.35. The molecule has 1 aromatic carbocycles. The molecular formula is C21H27N3O3. The summed E-state index contributed by atoms with van der Waals surface area (Å²) in [5.41, 5.74) is 1.14. The van der Waals surface area contributed by atoms with Gasteiger partial charge in [-0.2, -0.15) is 4.98 Å². The molecule has 1 aliphatic carbocycles. The van der Waals surface area contributed by atoms with E-state index in [2.05, 4.69) is 10.1 Å². The van der Waals surface area contributed by atoms with Crippen molar-refractivity contribution in [3.8, 4) is 5.75 Å². The smallest absolute Gasteiger partial charge is 0.249 e. The number of hydrogen-bond acceptors (Lipinski definition) is 5. The van der Waals surface area contributed by atoms with Crippen LogP contribution in [0.3, 0.4) is 0 Å². The molecule has 2 aromatic rings. The van der Waals surface area contributed by atoms with Crippen LogP contribution in [0.5, 0.6) is 5.75 Å². The Labute approximate surface area is 159 Å². The van der Waals surface area contributed by atoms with Gasteiger partial charge in [0.25, 0.3) is 0 Å². The van der Waals surface area contributed by atoms with Gasteiger partial charge in [-0.1, -0.05) is 30.1 Å². The second-order valence-electron chi connectivity index (χ2n) is 7.57. The first kappa shape index (κ1) is 18.0. The average molecular weight is 369 g/mol. The molecule has 1 saturated carbocycles.